The highest BCUT2D eigenvalue weighted by molar-refractivity contribution is 7.14. The summed E-state index contributed by atoms with van der Waals surface area (Å²) in [5, 5.41) is 0. The van der Waals surface area contributed by atoms with E-state index in [1.54, 1.807) is 12.0 Å². The molecule has 0 aliphatic heterocycles. The molecule has 5 nitrogen and oxygen atoms in total. The van der Waals surface area contributed by atoms with Gasteiger partial charge in [0.05, 0.1) is 19.4 Å². The summed E-state index contributed by atoms with van der Waals surface area (Å²) in [6, 6.07) is 1.90. The van der Waals surface area contributed by atoms with Crippen LogP contribution in [-0.4, -0.2) is 39.2 Å². The zero-order valence-corrected chi connectivity index (χ0v) is 17.8. The number of methoxy groups -OCH3 is 2. The van der Waals surface area contributed by atoms with Gasteiger partial charge in [0.1, 0.15) is 4.88 Å². The van der Waals surface area contributed by atoms with Crippen molar-refractivity contribution in [2.24, 2.45) is 11.8 Å². The minimum absolute atomic E-state index is 0.0313. The number of carbonyl (C=O) groups is 2. The van der Waals surface area contributed by atoms with E-state index in [0.29, 0.717) is 29.6 Å². The van der Waals surface area contributed by atoms with Gasteiger partial charge in [0.2, 0.25) is 5.91 Å². The SMILES string of the molecule is CC.COCCN(C(=O)C1CCC(C)CC1)c1cc(C)sc1C(=O)OC. The van der Waals surface area contributed by atoms with Gasteiger partial charge in [-0.25, -0.2) is 4.79 Å². The van der Waals surface area contributed by atoms with E-state index >= 15 is 0 Å². The number of thiophene rings is 1. The molecule has 1 fully saturated rings. The number of amides is 1. The highest BCUT2D eigenvalue weighted by atomic mass is 32.1. The summed E-state index contributed by atoms with van der Waals surface area (Å²) < 4.78 is 10.1. The van der Waals surface area contributed by atoms with E-state index in [0.717, 1.165) is 30.6 Å². The number of ether oxygens (including phenoxy) is 2. The number of carbonyl (C=O) groups excluding carboxylic acids is 2. The Morgan fingerprint density at radius 1 is 1.19 bits per heavy atom. The van der Waals surface area contributed by atoms with Crippen LogP contribution in [0.25, 0.3) is 0 Å². The van der Waals surface area contributed by atoms with Crippen molar-refractivity contribution in [3.8, 4) is 0 Å². The van der Waals surface area contributed by atoms with Crippen molar-refractivity contribution >= 4 is 28.9 Å². The molecule has 0 radical (unpaired) electrons. The predicted molar refractivity (Wildman–Crippen MR) is 107 cm³/mol. The number of esters is 1. The molecule has 1 aromatic rings. The summed E-state index contributed by atoms with van der Waals surface area (Å²) in [5.41, 5.74) is 0.657. The van der Waals surface area contributed by atoms with Crippen LogP contribution in [-0.2, 0) is 14.3 Å². The lowest BCUT2D eigenvalue weighted by molar-refractivity contribution is -0.123. The van der Waals surface area contributed by atoms with Gasteiger partial charge in [-0.15, -0.1) is 11.3 Å². The molecular formula is C20H33NO4S. The molecule has 0 spiro atoms. The molecule has 0 bridgehead atoms. The van der Waals surface area contributed by atoms with Gasteiger partial charge in [0.25, 0.3) is 0 Å². The fraction of sp³-hybridized carbons (Fsp3) is 0.700. The van der Waals surface area contributed by atoms with Crippen LogP contribution in [0.5, 0.6) is 0 Å². The molecule has 148 valence electrons. The second kappa shape index (κ2) is 11.3. The van der Waals surface area contributed by atoms with Gasteiger partial charge in [-0.1, -0.05) is 20.8 Å². The third-order valence-corrected chi connectivity index (χ3v) is 5.67. The van der Waals surface area contributed by atoms with Crippen LogP contribution in [0.2, 0.25) is 0 Å². The van der Waals surface area contributed by atoms with Crippen LogP contribution in [0.4, 0.5) is 5.69 Å². The van der Waals surface area contributed by atoms with Gasteiger partial charge in [0.15, 0.2) is 0 Å². The largest absolute Gasteiger partial charge is 0.465 e. The minimum atomic E-state index is -0.393. The predicted octanol–water partition coefficient (Wildman–Crippen LogP) is 4.68. The van der Waals surface area contributed by atoms with Crippen molar-refractivity contribution in [3.05, 3.63) is 15.8 Å². The molecule has 2 rings (SSSR count). The lowest BCUT2D eigenvalue weighted by atomic mass is 9.82. The highest BCUT2D eigenvalue weighted by Gasteiger charge is 2.31. The van der Waals surface area contributed by atoms with E-state index in [4.69, 9.17) is 9.47 Å². The summed E-state index contributed by atoms with van der Waals surface area (Å²) in [4.78, 5) is 28.4. The number of hydrogen-bond donors (Lipinski definition) is 0. The Balaban J connectivity index is 0.00000163. The first kappa shape index (κ1) is 22.6. The van der Waals surface area contributed by atoms with Gasteiger partial charge in [0, 0.05) is 24.4 Å². The number of rotatable bonds is 6. The molecule has 1 aliphatic rings. The van der Waals surface area contributed by atoms with Gasteiger partial charge in [-0.3, -0.25) is 4.79 Å². The summed E-state index contributed by atoms with van der Waals surface area (Å²) >= 11 is 1.36. The molecule has 0 unspecified atom stereocenters. The van der Waals surface area contributed by atoms with E-state index in [2.05, 4.69) is 6.92 Å². The molecule has 1 heterocycles. The molecular weight excluding hydrogens is 350 g/mol. The molecule has 26 heavy (non-hydrogen) atoms. The van der Waals surface area contributed by atoms with Crippen LogP contribution in [0.3, 0.4) is 0 Å². The summed E-state index contributed by atoms with van der Waals surface area (Å²) in [7, 11) is 2.98. The van der Waals surface area contributed by atoms with E-state index in [1.807, 2.05) is 26.8 Å². The molecule has 1 aromatic heterocycles. The fourth-order valence-corrected chi connectivity index (χ4v) is 4.13. The van der Waals surface area contributed by atoms with E-state index in [1.165, 1.54) is 18.4 Å². The number of anilines is 1. The topological polar surface area (TPSA) is 55.8 Å². The third-order valence-electron chi connectivity index (χ3n) is 4.65. The Morgan fingerprint density at radius 3 is 2.35 bits per heavy atom. The van der Waals surface area contributed by atoms with Crippen molar-refractivity contribution in [1.29, 1.82) is 0 Å². The van der Waals surface area contributed by atoms with Gasteiger partial charge >= 0.3 is 5.97 Å². The van der Waals surface area contributed by atoms with Crippen LogP contribution >= 0.6 is 11.3 Å². The number of nitrogens with zero attached hydrogens (tertiary/aromatic N) is 1. The summed E-state index contributed by atoms with van der Waals surface area (Å²) in [5.74, 6) is 0.428. The average molecular weight is 384 g/mol. The van der Waals surface area contributed by atoms with Crippen LogP contribution in [0.15, 0.2) is 6.07 Å². The van der Waals surface area contributed by atoms with Crippen molar-refractivity contribution < 1.29 is 19.1 Å². The molecule has 1 amide bonds. The Kier molecular flexibility index (Phi) is 9.88. The Morgan fingerprint density at radius 2 is 1.81 bits per heavy atom. The highest BCUT2D eigenvalue weighted by Crippen LogP contribution is 2.35. The van der Waals surface area contributed by atoms with Gasteiger partial charge < -0.3 is 14.4 Å². The third kappa shape index (κ3) is 5.81. The van der Waals surface area contributed by atoms with Gasteiger partial charge in [-0.05, 0) is 44.6 Å². The first-order valence-electron chi connectivity index (χ1n) is 9.47. The Bertz CT molecular complexity index is 576. The zero-order valence-electron chi connectivity index (χ0n) is 17.0. The monoisotopic (exact) mass is 383 g/mol. The van der Waals surface area contributed by atoms with Crippen molar-refractivity contribution in [2.45, 2.75) is 53.4 Å². The average Bonchev–Trinajstić information content (AvgIpc) is 3.05. The van der Waals surface area contributed by atoms with Gasteiger partial charge in [-0.2, -0.15) is 0 Å². The maximum absolute atomic E-state index is 13.1. The quantitative estimate of drug-likeness (QED) is 0.670. The Hall–Kier alpha value is -1.40. The maximum Gasteiger partial charge on any atom is 0.350 e. The summed E-state index contributed by atoms with van der Waals surface area (Å²) in [6.07, 6.45) is 4.00. The van der Waals surface area contributed by atoms with E-state index in [-0.39, 0.29) is 11.8 Å². The zero-order chi connectivity index (χ0) is 19.7. The standard InChI is InChI=1S/C18H27NO4S.C2H6/c1-12-5-7-14(8-6-12)17(20)19(9-10-22-3)15-11-13(2)24-16(15)18(21)23-4;1-2/h11-12,14H,5-10H2,1-4H3;1-2H3. The van der Waals surface area contributed by atoms with Crippen LogP contribution < -0.4 is 4.90 Å². The molecule has 0 aromatic carbocycles. The normalized spacial score (nSPS) is 19.3. The molecule has 0 N–H and O–H groups in total. The minimum Gasteiger partial charge on any atom is -0.465 e. The first-order valence-corrected chi connectivity index (χ1v) is 10.3. The summed E-state index contributed by atoms with van der Waals surface area (Å²) in [6.45, 7) is 9.05. The lowest BCUT2D eigenvalue weighted by Gasteiger charge is -2.31. The molecule has 0 atom stereocenters. The maximum atomic E-state index is 13.1. The smallest absolute Gasteiger partial charge is 0.350 e. The van der Waals surface area contributed by atoms with Crippen LogP contribution in [0, 0.1) is 18.8 Å². The number of hydrogen-bond acceptors (Lipinski definition) is 5. The molecule has 1 aliphatic carbocycles. The second-order valence-corrected chi connectivity index (χ2v) is 7.76. The van der Waals surface area contributed by atoms with E-state index in [9.17, 15) is 9.59 Å². The van der Waals surface area contributed by atoms with Crippen molar-refractivity contribution in [3.63, 3.8) is 0 Å². The molecule has 0 saturated heterocycles. The van der Waals surface area contributed by atoms with E-state index < -0.39 is 5.97 Å². The first-order chi connectivity index (χ1) is 12.5. The van der Waals surface area contributed by atoms with Crippen molar-refractivity contribution in [2.75, 3.05) is 32.3 Å². The molecule has 6 heteroatoms. The Labute approximate surface area is 161 Å². The van der Waals surface area contributed by atoms with Crippen molar-refractivity contribution in [1.82, 2.24) is 0 Å². The molecule has 1 saturated carbocycles. The number of aryl methyl sites for hydroxylation is 1. The lowest BCUT2D eigenvalue weighted by Crippen LogP contribution is -2.40. The van der Waals surface area contributed by atoms with Crippen LogP contribution in [0.1, 0.15) is 61.0 Å². The fourth-order valence-electron chi connectivity index (χ4n) is 3.20. The second-order valence-electron chi connectivity index (χ2n) is 6.50.